The topological polar surface area (TPSA) is 143 Å². The minimum absolute atomic E-state index is 0.0400. The Morgan fingerprint density at radius 3 is 2.48 bits per heavy atom. The van der Waals surface area contributed by atoms with Crippen molar-refractivity contribution in [2.45, 2.75) is 103 Å². The number of ketones is 1. The van der Waals surface area contributed by atoms with Gasteiger partial charge in [0, 0.05) is 12.3 Å². The fraction of sp³-hybridized carbons (Fsp3) is 0.750. The SMILES string of the molecule is C/C(=C\c1coc(CO)n1)[C@H]1CC2OC2(C(F)(F)F)CC2CC2[C@H](C)[C@H](O)[C@@H](C)C(=O)C(C)(C)[C@@H](O)CC(=O)O1. The van der Waals surface area contributed by atoms with Gasteiger partial charge in [-0.25, -0.2) is 4.98 Å². The Morgan fingerprint density at radius 1 is 1.20 bits per heavy atom. The molecule has 3 heterocycles. The Kier molecular flexibility index (Phi) is 8.32. The normalized spacial score (nSPS) is 39.2. The van der Waals surface area contributed by atoms with Crippen LogP contribution in [0.1, 0.15) is 71.9 Å². The van der Waals surface area contributed by atoms with Gasteiger partial charge in [0.15, 0.2) is 5.60 Å². The van der Waals surface area contributed by atoms with Gasteiger partial charge in [-0.15, -0.1) is 0 Å². The molecule has 3 fully saturated rings. The molecule has 3 N–H and O–H groups in total. The fourth-order valence-corrected chi connectivity index (χ4v) is 6.09. The summed E-state index contributed by atoms with van der Waals surface area (Å²) >= 11 is 0. The number of hydrogen-bond donors (Lipinski definition) is 3. The number of cyclic esters (lactones) is 1. The number of aromatic nitrogens is 1. The fourth-order valence-electron chi connectivity index (χ4n) is 6.09. The molecule has 3 aliphatic rings. The summed E-state index contributed by atoms with van der Waals surface area (Å²) in [6.45, 7) is 7.36. The van der Waals surface area contributed by atoms with E-state index in [1.165, 1.54) is 33.1 Å². The van der Waals surface area contributed by atoms with E-state index in [1.54, 1.807) is 13.8 Å². The Morgan fingerprint density at radius 2 is 1.88 bits per heavy atom. The molecule has 0 spiro atoms. The number of carbonyl (C=O) groups excluding carboxylic acids is 2. The molecule has 4 rings (SSSR count). The zero-order chi connectivity index (χ0) is 29.8. The zero-order valence-electron chi connectivity index (χ0n) is 23.3. The number of hydrogen-bond acceptors (Lipinski definition) is 9. The lowest BCUT2D eigenvalue weighted by Crippen LogP contribution is -2.46. The van der Waals surface area contributed by atoms with Crippen molar-refractivity contribution in [3.63, 3.8) is 0 Å². The summed E-state index contributed by atoms with van der Waals surface area (Å²) in [5.41, 5.74) is -3.16. The van der Waals surface area contributed by atoms with Crippen LogP contribution >= 0.6 is 0 Å². The zero-order valence-corrected chi connectivity index (χ0v) is 23.3. The van der Waals surface area contributed by atoms with Crippen LogP contribution in [0.4, 0.5) is 13.2 Å². The van der Waals surface area contributed by atoms with Gasteiger partial charge in [0.05, 0.1) is 24.0 Å². The molecule has 9 nitrogen and oxygen atoms in total. The van der Waals surface area contributed by atoms with Gasteiger partial charge in [-0.3, -0.25) is 9.59 Å². The summed E-state index contributed by atoms with van der Waals surface area (Å²) in [5, 5.41) is 31.0. The molecule has 0 aromatic carbocycles. The number of Topliss-reactive ketones (excluding diaryl/α,β-unsaturated/α-hetero) is 1. The lowest BCUT2D eigenvalue weighted by molar-refractivity contribution is -0.187. The van der Waals surface area contributed by atoms with E-state index in [2.05, 4.69) is 4.98 Å². The van der Waals surface area contributed by atoms with Crippen LogP contribution in [0.15, 0.2) is 16.3 Å². The molecule has 0 radical (unpaired) electrons. The van der Waals surface area contributed by atoms with Crippen LogP contribution in [0, 0.1) is 29.1 Å². The Bertz CT molecular complexity index is 1150. The van der Waals surface area contributed by atoms with Crippen molar-refractivity contribution in [3.8, 4) is 0 Å². The quantitative estimate of drug-likeness (QED) is 0.365. The van der Waals surface area contributed by atoms with Crippen molar-refractivity contribution in [1.29, 1.82) is 0 Å². The van der Waals surface area contributed by atoms with Gasteiger partial charge in [-0.2, -0.15) is 13.2 Å². The van der Waals surface area contributed by atoms with E-state index < -0.39 is 78.2 Å². The number of halogens is 3. The molecular weight excluding hydrogens is 535 g/mol. The average molecular weight is 574 g/mol. The maximum absolute atomic E-state index is 14.3. The number of rotatable bonds is 3. The number of carbonyl (C=O) groups is 2. The molecule has 12 heteroatoms. The molecular formula is C28H38F3NO8. The Balaban J connectivity index is 1.66. The van der Waals surface area contributed by atoms with Crippen molar-refractivity contribution in [3.05, 3.63) is 23.4 Å². The molecule has 224 valence electrons. The molecule has 4 unspecified atom stereocenters. The maximum atomic E-state index is 14.3. The number of nitrogens with zero attached hydrogens (tertiary/aromatic N) is 1. The predicted molar refractivity (Wildman–Crippen MR) is 134 cm³/mol. The summed E-state index contributed by atoms with van der Waals surface area (Å²) in [4.78, 5) is 30.3. The lowest BCUT2D eigenvalue weighted by atomic mass is 9.72. The number of aliphatic hydroxyl groups excluding tert-OH is 3. The van der Waals surface area contributed by atoms with Crippen LogP contribution in [0.5, 0.6) is 0 Å². The Hall–Kier alpha value is -2.28. The van der Waals surface area contributed by atoms with Crippen molar-refractivity contribution >= 4 is 17.8 Å². The van der Waals surface area contributed by atoms with Gasteiger partial charge in [-0.05, 0) is 49.2 Å². The monoisotopic (exact) mass is 573 g/mol. The van der Waals surface area contributed by atoms with Crippen LogP contribution in [0.25, 0.3) is 6.08 Å². The first-order valence-electron chi connectivity index (χ1n) is 13.6. The number of esters is 1. The smallest absolute Gasteiger partial charge is 0.420 e. The molecule has 0 bridgehead atoms. The number of oxazole rings is 1. The number of aliphatic hydroxyl groups is 3. The molecule has 1 aromatic rings. The van der Waals surface area contributed by atoms with Gasteiger partial charge in [-0.1, -0.05) is 27.7 Å². The highest BCUT2D eigenvalue weighted by atomic mass is 19.4. The van der Waals surface area contributed by atoms with E-state index in [4.69, 9.17) is 13.9 Å². The van der Waals surface area contributed by atoms with E-state index in [0.717, 1.165) is 0 Å². The maximum Gasteiger partial charge on any atom is 0.420 e. The lowest BCUT2D eigenvalue weighted by Gasteiger charge is -2.34. The molecule has 1 saturated carbocycles. The highest BCUT2D eigenvalue weighted by Crippen LogP contribution is 2.61. The van der Waals surface area contributed by atoms with Crippen LogP contribution in [0.2, 0.25) is 0 Å². The Labute approximate surface area is 230 Å². The van der Waals surface area contributed by atoms with E-state index in [0.29, 0.717) is 12.0 Å². The van der Waals surface area contributed by atoms with E-state index in [9.17, 15) is 38.1 Å². The summed E-state index contributed by atoms with van der Waals surface area (Å²) in [6, 6.07) is 0. The summed E-state index contributed by atoms with van der Waals surface area (Å²) in [6.07, 6.45) is -7.63. The highest BCUT2D eigenvalue weighted by molar-refractivity contribution is 5.88. The van der Waals surface area contributed by atoms with Crippen LogP contribution in [-0.2, 0) is 25.7 Å². The third-order valence-corrected chi connectivity index (χ3v) is 9.10. The van der Waals surface area contributed by atoms with Gasteiger partial charge < -0.3 is 29.2 Å². The van der Waals surface area contributed by atoms with E-state index in [1.807, 2.05) is 0 Å². The number of alkyl halides is 3. The third-order valence-electron chi connectivity index (χ3n) is 9.10. The summed E-state index contributed by atoms with van der Waals surface area (Å²) in [7, 11) is 0. The second-order valence-electron chi connectivity index (χ2n) is 12.2. The van der Waals surface area contributed by atoms with Crippen LogP contribution < -0.4 is 0 Å². The first kappa shape index (κ1) is 30.7. The minimum Gasteiger partial charge on any atom is -0.458 e. The average Bonchev–Trinajstić information content (AvgIpc) is 3.75. The molecule has 2 aliphatic heterocycles. The van der Waals surface area contributed by atoms with Crippen molar-refractivity contribution in [2.24, 2.45) is 29.1 Å². The molecule has 2 saturated heterocycles. The van der Waals surface area contributed by atoms with Crippen LogP contribution in [-0.4, -0.2) is 68.2 Å². The van der Waals surface area contributed by atoms with Gasteiger partial charge in [0.2, 0.25) is 5.89 Å². The number of fused-ring (bicyclic) bond motifs is 2. The molecule has 1 aliphatic carbocycles. The largest absolute Gasteiger partial charge is 0.458 e. The van der Waals surface area contributed by atoms with Gasteiger partial charge in [0.25, 0.3) is 0 Å². The molecule has 40 heavy (non-hydrogen) atoms. The molecule has 0 amide bonds. The minimum atomic E-state index is -4.67. The first-order chi connectivity index (χ1) is 18.5. The van der Waals surface area contributed by atoms with Gasteiger partial charge in [0.1, 0.15) is 36.6 Å². The molecule has 9 atom stereocenters. The van der Waals surface area contributed by atoms with E-state index in [-0.39, 0.29) is 36.3 Å². The standard InChI is InChI=1S/C28H38F3NO8/c1-13(6-17-12-38-22(11-33)32-17)19-8-21-27(40-21,28(29,30)31)10-16-7-18(16)14(2)24(36)15(3)25(37)26(4,5)20(34)9-23(35)39-19/h6,12,14-16,18-21,24,33-34,36H,7-11H2,1-5H3/b13-6+/t14-,15+,16?,18?,19+,20-,21?,24-,27?/m0/s1. The van der Waals surface area contributed by atoms with Crippen LogP contribution in [0.3, 0.4) is 0 Å². The highest BCUT2D eigenvalue weighted by Gasteiger charge is 2.74. The predicted octanol–water partition coefficient (Wildman–Crippen LogP) is 3.59. The second-order valence-corrected chi connectivity index (χ2v) is 12.2. The van der Waals surface area contributed by atoms with Gasteiger partial charge >= 0.3 is 12.1 Å². The molecule has 1 aromatic heterocycles. The summed E-state index contributed by atoms with van der Waals surface area (Å²) < 4.78 is 59.1. The van der Waals surface area contributed by atoms with E-state index >= 15 is 0 Å². The number of epoxide rings is 1. The third kappa shape index (κ3) is 5.86. The second kappa shape index (κ2) is 10.8. The van der Waals surface area contributed by atoms with Crippen molar-refractivity contribution < 1.29 is 52.0 Å². The van der Waals surface area contributed by atoms with Crippen molar-refractivity contribution in [2.75, 3.05) is 0 Å². The first-order valence-corrected chi connectivity index (χ1v) is 13.6. The summed E-state index contributed by atoms with van der Waals surface area (Å²) in [5.74, 6) is -3.23. The number of ether oxygens (including phenoxy) is 2. The van der Waals surface area contributed by atoms with Crippen molar-refractivity contribution in [1.82, 2.24) is 4.98 Å².